The SMILES string of the molecule is COC(=O)c1cc(Oc2ccc(C(F)(F)F)c(Cl)c2)ccc1N. The maximum absolute atomic E-state index is 12.6. The molecule has 2 aromatic rings. The number of esters is 1. The molecule has 23 heavy (non-hydrogen) atoms. The molecule has 0 aromatic heterocycles. The fraction of sp³-hybridized carbons (Fsp3) is 0.133. The third-order valence-corrected chi connectivity index (χ3v) is 3.22. The summed E-state index contributed by atoms with van der Waals surface area (Å²) in [6.45, 7) is 0. The summed E-state index contributed by atoms with van der Waals surface area (Å²) in [5, 5.41) is -0.487. The number of hydrogen-bond acceptors (Lipinski definition) is 4. The zero-order valence-corrected chi connectivity index (χ0v) is 12.5. The number of methoxy groups -OCH3 is 1. The van der Waals surface area contributed by atoms with Crippen LogP contribution < -0.4 is 10.5 Å². The third kappa shape index (κ3) is 3.87. The van der Waals surface area contributed by atoms with Gasteiger partial charge in [-0.05, 0) is 30.3 Å². The van der Waals surface area contributed by atoms with Gasteiger partial charge in [-0.25, -0.2) is 4.79 Å². The molecule has 0 heterocycles. The molecule has 0 saturated carbocycles. The standard InChI is InChI=1S/C15H11ClF3NO3/c1-22-14(21)10-6-8(3-5-13(10)20)23-9-2-4-11(12(16)7-9)15(17,18)19/h2-7H,20H2,1H3. The number of halogens is 4. The Bertz CT molecular complexity index is 747. The quantitative estimate of drug-likeness (QED) is 0.656. The Kier molecular flexibility index (Phi) is 4.70. The lowest BCUT2D eigenvalue weighted by Gasteiger charge is -2.12. The second-order valence-corrected chi connectivity index (χ2v) is 4.89. The Morgan fingerprint density at radius 1 is 1.13 bits per heavy atom. The van der Waals surface area contributed by atoms with Gasteiger partial charge in [-0.15, -0.1) is 0 Å². The van der Waals surface area contributed by atoms with E-state index >= 15 is 0 Å². The minimum atomic E-state index is -4.55. The molecule has 122 valence electrons. The van der Waals surface area contributed by atoms with E-state index in [2.05, 4.69) is 4.74 Å². The molecule has 0 aliphatic carbocycles. The summed E-state index contributed by atoms with van der Waals surface area (Å²) in [6, 6.07) is 7.20. The number of nitrogen functional groups attached to an aromatic ring is 1. The van der Waals surface area contributed by atoms with Crippen LogP contribution in [0.3, 0.4) is 0 Å². The molecule has 0 amide bonds. The van der Waals surface area contributed by atoms with Gasteiger partial charge in [-0.1, -0.05) is 11.6 Å². The second kappa shape index (κ2) is 6.37. The molecular formula is C15H11ClF3NO3. The first kappa shape index (κ1) is 17.0. The van der Waals surface area contributed by atoms with E-state index in [0.29, 0.717) is 0 Å². The number of benzene rings is 2. The smallest absolute Gasteiger partial charge is 0.417 e. The molecule has 8 heteroatoms. The first-order chi connectivity index (χ1) is 10.7. The van der Waals surface area contributed by atoms with E-state index in [1.807, 2.05) is 0 Å². The summed E-state index contributed by atoms with van der Waals surface area (Å²) in [7, 11) is 1.20. The van der Waals surface area contributed by atoms with Gasteiger partial charge in [0.2, 0.25) is 0 Å². The number of anilines is 1. The van der Waals surface area contributed by atoms with Gasteiger partial charge in [0.15, 0.2) is 0 Å². The Balaban J connectivity index is 2.30. The van der Waals surface area contributed by atoms with Crippen LogP contribution in [0.4, 0.5) is 18.9 Å². The van der Waals surface area contributed by atoms with Gasteiger partial charge in [0, 0.05) is 11.8 Å². The molecule has 0 bridgehead atoms. The van der Waals surface area contributed by atoms with Crippen molar-refractivity contribution in [2.24, 2.45) is 0 Å². The largest absolute Gasteiger partial charge is 0.465 e. The van der Waals surface area contributed by atoms with Crippen molar-refractivity contribution in [2.75, 3.05) is 12.8 Å². The molecule has 2 N–H and O–H groups in total. The number of carbonyl (C=O) groups is 1. The van der Waals surface area contributed by atoms with Crippen LogP contribution in [0, 0.1) is 0 Å². The highest BCUT2D eigenvalue weighted by atomic mass is 35.5. The average Bonchev–Trinajstić information content (AvgIpc) is 2.47. The molecule has 4 nitrogen and oxygen atoms in total. The Morgan fingerprint density at radius 3 is 2.30 bits per heavy atom. The lowest BCUT2D eigenvalue weighted by atomic mass is 10.1. The normalized spacial score (nSPS) is 11.2. The lowest BCUT2D eigenvalue weighted by Crippen LogP contribution is -2.06. The van der Waals surface area contributed by atoms with Crippen LogP contribution in [0.15, 0.2) is 36.4 Å². The number of nitrogens with two attached hydrogens (primary N) is 1. The van der Waals surface area contributed by atoms with Gasteiger partial charge in [-0.3, -0.25) is 0 Å². The number of hydrogen-bond donors (Lipinski definition) is 1. The second-order valence-electron chi connectivity index (χ2n) is 4.48. The van der Waals surface area contributed by atoms with Gasteiger partial charge in [0.25, 0.3) is 0 Å². The van der Waals surface area contributed by atoms with Crippen LogP contribution in [-0.4, -0.2) is 13.1 Å². The summed E-state index contributed by atoms with van der Waals surface area (Å²) < 4.78 is 47.9. The van der Waals surface area contributed by atoms with Crippen molar-refractivity contribution in [1.82, 2.24) is 0 Å². The van der Waals surface area contributed by atoms with Crippen molar-refractivity contribution in [3.05, 3.63) is 52.5 Å². The minimum Gasteiger partial charge on any atom is -0.465 e. The molecule has 0 aliphatic rings. The molecule has 2 rings (SSSR count). The number of rotatable bonds is 3. The maximum atomic E-state index is 12.6. The fourth-order valence-electron chi connectivity index (χ4n) is 1.81. The van der Waals surface area contributed by atoms with Gasteiger partial charge < -0.3 is 15.2 Å². The summed E-state index contributed by atoms with van der Waals surface area (Å²) in [6.07, 6.45) is -4.55. The van der Waals surface area contributed by atoms with E-state index in [-0.39, 0.29) is 22.7 Å². The number of ether oxygens (including phenoxy) is 2. The molecule has 0 unspecified atom stereocenters. The van der Waals surface area contributed by atoms with E-state index in [1.54, 1.807) is 0 Å². The summed E-state index contributed by atoms with van der Waals surface area (Å²) in [5.74, 6) is -0.364. The summed E-state index contributed by atoms with van der Waals surface area (Å²) >= 11 is 5.62. The first-order valence-corrected chi connectivity index (χ1v) is 6.62. The predicted octanol–water partition coefficient (Wildman–Crippen LogP) is 4.52. The molecule has 0 saturated heterocycles. The van der Waals surface area contributed by atoms with Crippen LogP contribution in [0.25, 0.3) is 0 Å². The molecule has 0 aliphatic heterocycles. The maximum Gasteiger partial charge on any atom is 0.417 e. The fourth-order valence-corrected chi connectivity index (χ4v) is 2.09. The number of carbonyl (C=O) groups excluding carboxylic acids is 1. The van der Waals surface area contributed by atoms with Crippen molar-refractivity contribution in [1.29, 1.82) is 0 Å². The van der Waals surface area contributed by atoms with Gasteiger partial charge in [-0.2, -0.15) is 13.2 Å². The van der Waals surface area contributed by atoms with Crippen molar-refractivity contribution in [3.63, 3.8) is 0 Å². The van der Waals surface area contributed by atoms with Crippen molar-refractivity contribution >= 4 is 23.3 Å². The molecule has 0 spiro atoms. The monoisotopic (exact) mass is 345 g/mol. The van der Waals surface area contributed by atoms with Crippen LogP contribution in [0.2, 0.25) is 5.02 Å². The minimum absolute atomic E-state index is 0.0861. The predicted molar refractivity (Wildman–Crippen MR) is 78.7 cm³/mol. The highest BCUT2D eigenvalue weighted by Gasteiger charge is 2.33. The third-order valence-electron chi connectivity index (χ3n) is 2.91. The summed E-state index contributed by atoms with van der Waals surface area (Å²) in [5.41, 5.74) is 4.97. The van der Waals surface area contributed by atoms with Crippen LogP contribution >= 0.6 is 11.6 Å². The van der Waals surface area contributed by atoms with Crippen LogP contribution in [0.1, 0.15) is 15.9 Å². The molecule has 0 fully saturated rings. The van der Waals surface area contributed by atoms with E-state index in [1.165, 1.54) is 25.3 Å². The van der Waals surface area contributed by atoms with Gasteiger partial charge in [0.1, 0.15) is 11.5 Å². The molecule has 2 aromatic carbocycles. The Labute approximate surface area is 134 Å². The van der Waals surface area contributed by atoms with E-state index in [9.17, 15) is 18.0 Å². The van der Waals surface area contributed by atoms with E-state index in [0.717, 1.165) is 18.2 Å². The Hall–Kier alpha value is -2.41. The summed E-state index contributed by atoms with van der Waals surface area (Å²) in [4.78, 5) is 11.5. The van der Waals surface area contributed by atoms with Crippen molar-refractivity contribution in [3.8, 4) is 11.5 Å². The molecule has 0 atom stereocenters. The van der Waals surface area contributed by atoms with Gasteiger partial charge in [0.05, 0.1) is 23.3 Å². The number of alkyl halides is 3. The first-order valence-electron chi connectivity index (χ1n) is 6.25. The van der Waals surface area contributed by atoms with E-state index < -0.39 is 22.7 Å². The zero-order valence-electron chi connectivity index (χ0n) is 11.8. The highest BCUT2D eigenvalue weighted by Crippen LogP contribution is 2.37. The topological polar surface area (TPSA) is 61.5 Å². The van der Waals surface area contributed by atoms with Gasteiger partial charge >= 0.3 is 12.1 Å². The Morgan fingerprint density at radius 2 is 1.74 bits per heavy atom. The van der Waals surface area contributed by atoms with Crippen molar-refractivity contribution in [2.45, 2.75) is 6.18 Å². The van der Waals surface area contributed by atoms with Crippen LogP contribution in [-0.2, 0) is 10.9 Å². The zero-order chi connectivity index (χ0) is 17.2. The molecule has 0 radical (unpaired) electrons. The lowest BCUT2D eigenvalue weighted by molar-refractivity contribution is -0.137. The average molecular weight is 346 g/mol. The molecular weight excluding hydrogens is 335 g/mol. The van der Waals surface area contributed by atoms with Crippen molar-refractivity contribution < 1.29 is 27.4 Å². The highest BCUT2D eigenvalue weighted by molar-refractivity contribution is 6.31. The van der Waals surface area contributed by atoms with E-state index in [4.69, 9.17) is 22.1 Å². The van der Waals surface area contributed by atoms with Crippen LogP contribution in [0.5, 0.6) is 11.5 Å².